The first-order valence-corrected chi connectivity index (χ1v) is 8.64. The molecule has 1 aliphatic heterocycles. The van der Waals surface area contributed by atoms with Gasteiger partial charge in [0.05, 0.1) is 0 Å². The molecule has 1 atom stereocenters. The quantitative estimate of drug-likeness (QED) is 0.549. The summed E-state index contributed by atoms with van der Waals surface area (Å²) in [4.78, 5) is 37.7. The monoisotopic (exact) mass is 443 g/mol. The van der Waals surface area contributed by atoms with Crippen LogP contribution >= 0.6 is 0 Å². The van der Waals surface area contributed by atoms with Crippen molar-refractivity contribution in [2.75, 3.05) is 11.9 Å². The number of ether oxygens (including phenoxy) is 1. The molecular weight excluding hydrogens is 429 g/mol. The Bertz CT molecular complexity index is 1040. The zero-order chi connectivity index (χ0) is 23.0. The van der Waals surface area contributed by atoms with Crippen LogP contribution < -0.4 is 15.4 Å². The Kier molecular flexibility index (Phi) is 5.57. The zero-order valence-corrected chi connectivity index (χ0v) is 15.7. The summed E-state index contributed by atoms with van der Waals surface area (Å²) >= 11 is 0. The molecule has 0 spiro atoms. The topological polar surface area (TPSA) is 87.7 Å². The largest absolute Gasteiger partial charge is 0.573 e. The van der Waals surface area contributed by atoms with E-state index < -0.39 is 59.2 Å². The van der Waals surface area contributed by atoms with E-state index in [4.69, 9.17) is 0 Å². The molecule has 1 fully saturated rings. The second-order valence-electron chi connectivity index (χ2n) is 6.69. The average molecular weight is 443 g/mol. The predicted octanol–water partition coefficient (Wildman–Crippen LogP) is 3.27. The Balaban J connectivity index is 1.70. The van der Waals surface area contributed by atoms with E-state index in [1.165, 1.54) is 6.92 Å². The number of anilines is 1. The van der Waals surface area contributed by atoms with E-state index >= 15 is 0 Å². The average Bonchev–Trinajstić information content (AvgIpc) is 2.88. The van der Waals surface area contributed by atoms with Crippen molar-refractivity contribution in [1.82, 2.24) is 10.2 Å². The molecule has 0 aromatic heterocycles. The van der Waals surface area contributed by atoms with E-state index in [2.05, 4.69) is 15.4 Å². The summed E-state index contributed by atoms with van der Waals surface area (Å²) in [7, 11) is 0. The second kappa shape index (κ2) is 7.85. The molecular formula is C19H14F5N3O4. The van der Waals surface area contributed by atoms with Crippen molar-refractivity contribution >= 4 is 23.5 Å². The summed E-state index contributed by atoms with van der Waals surface area (Å²) in [6.45, 7) is 0.403. The molecule has 0 radical (unpaired) electrons. The van der Waals surface area contributed by atoms with E-state index in [1.54, 1.807) is 0 Å². The maximum atomic E-state index is 14.1. The third kappa shape index (κ3) is 4.73. The van der Waals surface area contributed by atoms with Crippen LogP contribution in [0.1, 0.15) is 12.5 Å². The Labute approximate surface area is 171 Å². The van der Waals surface area contributed by atoms with Crippen LogP contribution in [-0.2, 0) is 15.1 Å². The Morgan fingerprint density at radius 2 is 1.77 bits per heavy atom. The number of rotatable bonds is 5. The number of carbonyl (C=O) groups excluding carboxylic acids is 3. The minimum absolute atomic E-state index is 0.0746. The highest BCUT2D eigenvalue weighted by atomic mass is 19.4. The van der Waals surface area contributed by atoms with Crippen LogP contribution in [0.4, 0.5) is 32.4 Å². The van der Waals surface area contributed by atoms with E-state index in [9.17, 15) is 36.3 Å². The molecule has 2 aromatic carbocycles. The van der Waals surface area contributed by atoms with Gasteiger partial charge in [0.25, 0.3) is 5.91 Å². The molecule has 12 heteroatoms. The van der Waals surface area contributed by atoms with Gasteiger partial charge in [-0.1, -0.05) is 0 Å². The van der Waals surface area contributed by atoms with Crippen LogP contribution in [0.5, 0.6) is 5.75 Å². The fourth-order valence-corrected chi connectivity index (χ4v) is 2.99. The lowest BCUT2D eigenvalue weighted by atomic mass is 9.91. The van der Waals surface area contributed by atoms with E-state index in [1.807, 2.05) is 0 Å². The lowest BCUT2D eigenvalue weighted by Crippen LogP contribution is -2.42. The van der Waals surface area contributed by atoms with E-state index in [-0.39, 0.29) is 5.69 Å². The van der Waals surface area contributed by atoms with E-state index in [0.717, 1.165) is 42.5 Å². The van der Waals surface area contributed by atoms with Gasteiger partial charge in [-0.25, -0.2) is 13.6 Å². The van der Waals surface area contributed by atoms with Crippen LogP contribution in [0.3, 0.4) is 0 Å². The number of imide groups is 1. The predicted molar refractivity (Wildman–Crippen MR) is 95.7 cm³/mol. The summed E-state index contributed by atoms with van der Waals surface area (Å²) < 4.78 is 67.9. The van der Waals surface area contributed by atoms with Crippen molar-refractivity contribution in [3.8, 4) is 5.75 Å². The van der Waals surface area contributed by atoms with Crippen molar-refractivity contribution in [3.63, 3.8) is 0 Å². The lowest BCUT2D eigenvalue weighted by molar-refractivity contribution is -0.274. The molecule has 0 bridgehead atoms. The second-order valence-corrected chi connectivity index (χ2v) is 6.69. The minimum Gasteiger partial charge on any atom is -0.406 e. The van der Waals surface area contributed by atoms with Crippen LogP contribution in [0.15, 0.2) is 42.5 Å². The van der Waals surface area contributed by atoms with Crippen LogP contribution in [0.2, 0.25) is 0 Å². The summed E-state index contributed by atoms with van der Waals surface area (Å²) in [6, 6.07) is 5.58. The van der Waals surface area contributed by atoms with Gasteiger partial charge in [-0.15, -0.1) is 13.2 Å². The van der Waals surface area contributed by atoms with Gasteiger partial charge in [-0.3, -0.25) is 14.5 Å². The normalized spacial score (nSPS) is 18.7. The zero-order valence-electron chi connectivity index (χ0n) is 15.7. The van der Waals surface area contributed by atoms with Crippen molar-refractivity contribution < 1.29 is 41.1 Å². The number of nitrogens with zero attached hydrogens (tertiary/aromatic N) is 1. The highest BCUT2D eigenvalue weighted by Gasteiger charge is 2.50. The number of nitrogens with one attached hydrogen (secondary N) is 2. The molecule has 0 aliphatic carbocycles. The molecule has 31 heavy (non-hydrogen) atoms. The van der Waals surface area contributed by atoms with Crippen molar-refractivity contribution in [2.24, 2.45) is 0 Å². The standard InChI is InChI=1S/C19H14F5N3O4/c1-18(13-8-10(20)2-7-14(13)21)16(29)27(17(30)26-18)9-15(28)25-11-3-5-12(6-4-11)31-19(22,23)24/h2-8H,9H2,1H3,(H,25,28)(H,26,30). The maximum absolute atomic E-state index is 14.1. The fourth-order valence-electron chi connectivity index (χ4n) is 2.99. The Morgan fingerprint density at radius 3 is 2.39 bits per heavy atom. The third-order valence-electron chi connectivity index (χ3n) is 4.42. The molecule has 7 nitrogen and oxygen atoms in total. The smallest absolute Gasteiger partial charge is 0.406 e. The highest BCUT2D eigenvalue weighted by Crippen LogP contribution is 2.31. The van der Waals surface area contributed by atoms with Gasteiger partial charge in [0, 0.05) is 11.3 Å². The summed E-state index contributed by atoms with van der Waals surface area (Å²) in [5.41, 5.74) is -2.26. The first-order valence-electron chi connectivity index (χ1n) is 8.64. The van der Waals surface area contributed by atoms with Gasteiger partial charge in [0.15, 0.2) is 0 Å². The van der Waals surface area contributed by atoms with Crippen molar-refractivity contribution in [1.29, 1.82) is 0 Å². The first kappa shape index (κ1) is 22.0. The van der Waals surface area contributed by atoms with Gasteiger partial charge in [0.2, 0.25) is 5.91 Å². The number of amides is 4. The number of benzene rings is 2. The molecule has 4 amide bonds. The molecule has 1 heterocycles. The van der Waals surface area contributed by atoms with Gasteiger partial charge in [0.1, 0.15) is 29.5 Å². The minimum atomic E-state index is -4.87. The van der Waals surface area contributed by atoms with Crippen molar-refractivity contribution in [3.05, 3.63) is 59.7 Å². The van der Waals surface area contributed by atoms with Crippen LogP contribution in [-0.4, -0.2) is 35.7 Å². The van der Waals surface area contributed by atoms with Crippen LogP contribution in [0, 0.1) is 11.6 Å². The summed E-state index contributed by atoms with van der Waals surface area (Å²) in [6.07, 6.45) is -4.87. The number of carbonyl (C=O) groups is 3. The number of hydrogen-bond donors (Lipinski definition) is 2. The SMILES string of the molecule is CC1(c2cc(F)ccc2F)NC(=O)N(CC(=O)Nc2ccc(OC(F)(F)F)cc2)C1=O. The molecule has 3 rings (SSSR count). The molecule has 1 aliphatic rings. The first-order chi connectivity index (χ1) is 14.4. The molecule has 2 aromatic rings. The Morgan fingerprint density at radius 1 is 1.13 bits per heavy atom. The van der Waals surface area contributed by atoms with Gasteiger partial charge >= 0.3 is 12.4 Å². The third-order valence-corrected chi connectivity index (χ3v) is 4.42. The number of halogens is 5. The molecule has 2 N–H and O–H groups in total. The van der Waals surface area contributed by atoms with Crippen molar-refractivity contribution in [2.45, 2.75) is 18.8 Å². The Hall–Kier alpha value is -3.70. The molecule has 1 saturated heterocycles. The highest BCUT2D eigenvalue weighted by molar-refractivity contribution is 6.10. The molecule has 1 unspecified atom stereocenters. The maximum Gasteiger partial charge on any atom is 0.573 e. The fraction of sp³-hybridized carbons (Fsp3) is 0.211. The van der Waals surface area contributed by atoms with Gasteiger partial charge in [-0.2, -0.15) is 0 Å². The number of urea groups is 1. The van der Waals surface area contributed by atoms with Crippen LogP contribution in [0.25, 0.3) is 0 Å². The number of hydrogen-bond acceptors (Lipinski definition) is 4. The van der Waals surface area contributed by atoms with E-state index in [0.29, 0.717) is 4.90 Å². The lowest BCUT2D eigenvalue weighted by Gasteiger charge is -2.22. The molecule has 164 valence electrons. The van der Waals surface area contributed by atoms with Gasteiger partial charge in [-0.05, 0) is 49.4 Å². The summed E-state index contributed by atoms with van der Waals surface area (Å²) in [5.74, 6) is -4.09. The molecule has 0 saturated carbocycles. The number of alkyl halides is 3. The van der Waals surface area contributed by atoms with Gasteiger partial charge < -0.3 is 15.4 Å². The summed E-state index contributed by atoms with van der Waals surface area (Å²) in [5, 5.41) is 4.54.